The van der Waals surface area contributed by atoms with Crippen molar-refractivity contribution in [2.24, 2.45) is 5.10 Å². The van der Waals surface area contributed by atoms with Crippen LogP contribution < -0.4 is 10.2 Å². The first-order valence-corrected chi connectivity index (χ1v) is 7.28. The third kappa shape index (κ3) is 3.65. The molecule has 0 spiro atoms. The van der Waals surface area contributed by atoms with Gasteiger partial charge in [-0.1, -0.05) is 12.1 Å². The van der Waals surface area contributed by atoms with E-state index >= 15 is 0 Å². The van der Waals surface area contributed by atoms with Crippen LogP contribution in [0.2, 0.25) is 0 Å². The number of methoxy groups -OCH3 is 1. The van der Waals surface area contributed by atoms with Crippen molar-refractivity contribution in [3.8, 4) is 11.5 Å². The Morgan fingerprint density at radius 3 is 2.68 bits per heavy atom. The average Bonchev–Trinajstić information content (AvgIpc) is 2.53. The highest BCUT2D eigenvalue weighted by Crippen LogP contribution is 2.26. The van der Waals surface area contributed by atoms with Gasteiger partial charge in [0.15, 0.2) is 11.5 Å². The van der Waals surface area contributed by atoms with E-state index in [1.165, 1.54) is 13.2 Å². The number of hydrogen-bond donors (Lipinski definition) is 2. The van der Waals surface area contributed by atoms with Crippen molar-refractivity contribution >= 4 is 27.5 Å². The highest BCUT2D eigenvalue weighted by Gasteiger charge is 2.09. The molecule has 0 bridgehead atoms. The summed E-state index contributed by atoms with van der Waals surface area (Å²) in [6.45, 7) is 1.76. The lowest BCUT2D eigenvalue weighted by molar-refractivity contribution is 0.0954. The zero-order valence-corrected chi connectivity index (χ0v) is 13.7. The first-order valence-electron chi connectivity index (χ1n) is 6.49. The molecule has 6 heteroatoms. The van der Waals surface area contributed by atoms with Gasteiger partial charge >= 0.3 is 0 Å². The van der Waals surface area contributed by atoms with Crippen LogP contribution in [0.5, 0.6) is 11.5 Å². The van der Waals surface area contributed by atoms with Crippen LogP contribution in [-0.2, 0) is 0 Å². The van der Waals surface area contributed by atoms with Crippen LogP contribution in [0, 0.1) is 0 Å². The second-order valence-corrected chi connectivity index (χ2v) is 5.36. The topological polar surface area (TPSA) is 70.9 Å². The van der Waals surface area contributed by atoms with E-state index < -0.39 is 0 Å². The fraction of sp³-hybridized carbons (Fsp3) is 0.125. The molecule has 2 rings (SSSR count). The maximum Gasteiger partial charge on any atom is 0.272 e. The fourth-order valence-electron chi connectivity index (χ4n) is 1.81. The summed E-state index contributed by atoms with van der Waals surface area (Å²) in [4.78, 5) is 12.1. The molecule has 1 amide bonds. The minimum absolute atomic E-state index is 0.0521. The van der Waals surface area contributed by atoms with Gasteiger partial charge in [0.25, 0.3) is 5.91 Å². The van der Waals surface area contributed by atoms with Gasteiger partial charge in [-0.2, -0.15) is 5.10 Å². The fourth-order valence-corrected chi connectivity index (χ4v) is 2.27. The number of benzene rings is 2. The van der Waals surface area contributed by atoms with Gasteiger partial charge in [-0.15, -0.1) is 0 Å². The molecule has 0 saturated carbocycles. The molecule has 0 aromatic heterocycles. The third-order valence-electron chi connectivity index (χ3n) is 3.04. The highest BCUT2D eigenvalue weighted by molar-refractivity contribution is 9.10. The molecule has 2 aromatic rings. The minimum atomic E-state index is -0.308. The van der Waals surface area contributed by atoms with Crippen molar-refractivity contribution in [2.45, 2.75) is 6.92 Å². The number of hydrazone groups is 1. The number of ether oxygens (including phenoxy) is 1. The Balaban J connectivity index is 2.16. The number of aromatic hydroxyl groups is 1. The Hall–Kier alpha value is -2.34. The summed E-state index contributed by atoms with van der Waals surface area (Å²) in [5.74, 6) is 0.0954. The number of amides is 1. The van der Waals surface area contributed by atoms with Crippen molar-refractivity contribution in [3.05, 3.63) is 58.1 Å². The number of nitrogens with one attached hydrogen (secondary N) is 1. The Bertz CT molecular complexity index is 729. The van der Waals surface area contributed by atoms with Gasteiger partial charge in [-0.05, 0) is 53.2 Å². The van der Waals surface area contributed by atoms with Crippen molar-refractivity contribution in [1.82, 2.24) is 5.43 Å². The molecule has 2 N–H and O–H groups in total. The zero-order valence-electron chi connectivity index (χ0n) is 12.1. The summed E-state index contributed by atoms with van der Waals surface area (Å²) < 4.78 is 5.75. The second kappa shape index (κ2) is 7.09. The summed E-state index contributed by atoms with van der Waals surface area (Å²) in [5, 5.41) is 13.7. The van der Waals surface area contributed by atoms with E-state index in [4.69, 9.17) is 4.74 Å². The number of phenolic OH excluding ortho intramolecular Hbond substituents is 1. The normalized spacial score (nSPS) is 11.1. The number of nitrogens with zero attached hydrogens (tertiary/aromatic N) is 1. The molecular formula is C16H15BrN2O3. The summed E-state index contributed by atoms with van der Waals surface area (Å²) >= 11 is 3.32. The maximum atomic E-state index is 12.1. The highest BCUT2D eigenvalue weighted by atomic mass is 79.9. The molecule has 114 valence electrons. The number of rotatable bonds is 4. The van der Waals surface area contributed by atoms with Crippen LogP contribution in [0.25, 0.3) is 0 Å². The zero-order chi connectivity index (χ0) is 16.1. The lowest BCUT2D eigenvalue weighted by atomic mass is 10.1. The molecule has 2 aromatic carbocycles. The molecule has 22 heavy (non-hydrogen) atoms. The summed E-state index contributed by atoms with van der Waals surface area (Å²) in [5.41, 5.74) is 4.34. The molecular weight excluding hydrogens is 348 g/mol. The lowest BCUT2D eigenvalue weighted by Gasteiger charge is -2.07. The first-order chi connectivity index (χ1) is 10.5. The number of halogens is 1. The van der Waals surface area contributed by atoms with E-state index in [-0.39, 0.29) is 11.7 Å². The van der Waals surface area contributed by atoms with E-state index in [9.17, 15) is 9.90 Å². The van der Waals surface area contributed by atoms with Crippen molar-refractivity contribution in [3.63, 3.8) is 0 Å². The second-order valence-electron chi connectivity index (χ2n) is 4.50. The molecule has 0 saturated heterocycles. The SMILES string of the molecule is COc1cc(C(C)=NNC(=O)c2ccccc2Br)ccc1O. The monoisotopic (exact) mass is 362 g/mol. The van der Waals surface area contributed by atoms with Crippen LogP contribution >= 0.6 is 15.9 Å². The Morgan fingerprint density at radius 2 is 2.00 bits per heavy atom. The summed E-state index contributed by atoms with van der Waals surface area (Å²) in [6, 6.07) is 12.0. The molecule has 0 unspecified atom stereocenters. The molecule has 0 aliphatic rings. The molecule has 0 radical (unpaired) electrons. The largest absolute Gasteiger partial charge is 0.504 e. The number of carbonyl (C=O) groups excluding carboxylic acids is 1. The standard InChI is InChI=1S/C16H15BrN2O3/c1-10(11-7-8-14(20)15(9-11)22-2)18-19-16(21)12-5-3-4-6-13(12)17/h3-9,20H,1-2H3,(H,19,21). The predicted octanol–water partition coefficient (Wildman–Crippen LogP) is 3.32. The minimum Gasteiger partial charge on any atom is -0.504 e. The Morgan fingerprint density at radius 1 is 1.27 bits per heavy atom. The predicted molar refractivity (Wildman–Crippen MR) is 88.5 cm³/mol. The lowest BCUT2D eigenvalue weighted by Crippen LogP contribution is -2.19. The molecule has 0 heterocycles. The van der Waals surface area contributed by atoms with E-state index in [2.05, 4.69) is 26.5 Å². The maximum absolute atomic E-state index is 12.1. The van der Waals surface area contributed by atoms with E-state index in [1.807, 2.05) is 6.07 Å². The van der Waals surface area contributed by atoms with Gasteiger partial charge in [0.1, 0.15) is 0 Å². The van der Waals surface area contributed by atoms with Crippen LogP contribution in [0.4, 0.5) is 0 Å². The molecule has 0 aliphatic heterocycles. The number of hydrogen-bond acceptors (Lipinski definition) is 4. The van der Waals surface area contributed by atoms with Crippen molar-refractivity contribution in [2.75, 3.05) is 7.11 Å². The van der Waals surface area contributed by atoms with Gasteiger partial charge in [0.05, 0.1) is 18.4 Å². The third-order valence-corrected chi connectivity index (χ3v) is 3.73. The van der Waals surface area contributed by atoms with E-state index in [0.29, 0.717) is 21.5 Å². The molecule has 0 aliphatic carbocycles. The van der Waals surface area contributed by atoms with E-state index in [1.54, 1.807) is 37.3 Å². The molecule has 0 fully saturated rings. The van der Waals surface area contributed by atoms with Gasteiger partial charge in [0.2, 0.25) is 0 Å². The van der Waals surface area contributed by atoms with Crippen LogP contribution in [0.15, 0.2) is 52.0 Å². The van der Waals surface area contributed by atoms with Crippen molar-refractivity contribution in [1.29, 1.82) is 0 Å². The van der Waals surface area contributed by atoms with E-state index in [0.717, 1.165) is 5.56 Å². The number of carbonyl (C=O) groups is 1. The Kier molecular flexibility index (Phi) is 5.16. The van der Waals surface area contributed by atoms with Gasteiger partial charge in [-0.25, -0.2) is 5.43 Å². The van der Waals surface area contributed by atoms with Crippen LogP contribution in [0.1, 0.15) is 22.8 Å². The van der Waals surface area contributed by atoms with Gasteiger partial charge < -0.3 is 9.84 Å². The summed E-state index contributed by atoms with van der Waals surface area (Å²) in [6.07, 6.45) is 0. The molecule has 5 nitrogen and oxygen atoms in total. The van der Waals surface area contributed by atoms with Gasteiger partial charge in [-0.3, -0.25) is 4.79 Å². The number of phenols is 1. The summed E-state index contributed by atoms with van der Waals surface area (Å²) in [7, 11) is 1.47. The Labute approximate surface area is 136 Å². The van der Waals surface area contributed by atoms with Crippen LogP contribution in [0.3, 0.4) is 0 Å². The van der Waals surface area contributed by atoms with Crippen LogP contribution in [-0.4, -0.2) is 23.8 Å². The van der Waals surface area contributed by atoms with Crippen molar-refractivity contribution < 1.29 is 14.6 Å². The first kappa shape index (κ1) is 16.0. The smallest absolute Gasteiger partial charge is 0.272 e. The average molecular weight is 363 g/mol. The molecule has 0 atom stereocenters. The quantitative estimate of drug-likeness (QED) is 0.647. The van der Waals surface area contributed by atoms with Gasteiger partial charge in [0, 0.05) is 10.0 Å².